The van der Waals surface area contributed by atoms with Gasteiger partial charge in [0.1, 0.15) is 18.3 Å². The van der Waals surface area contributed by atoms with Crippen molar-refractivity contribution < 1.29 is 14.3 Å². The van der Waals surface area contributed by atoms with Crippen molar-refractivity contribution in [1.82, 2.24) is 9.47 Å². The SMILES string of the molecule is CCCCN(CC(=O)N1c2ccccc2-n2cccc2C1c1ccc(Cl)cc1)C(=O)c1ccccc1OC. The van der Waals surface area contributed by atoms with E-state index in [1.54, 1.807) is 30.2 Å². The number of para-hydroxylation sites is 3. The maximum atomic E-state index is 14.3. The van der Waals surface area contributed by atoms with E-state index in [0.29, 0.717) is 22.9 Å². The molecule has 1 aromatic heterocycles. The molecule has 194 valence electrons. The largest absolute Gasteiger partial charge is 0.496 e. The summed E-state index contributed by atoms with van der Waals surface area (Å²) in [6.07, 6.45) is 3.70. The molecule has 0 bridgehead atoms. The Bertz CT molecular complexity index is 1450. The van der Waals surface area contributed by atoms with Gasteiger partial charge in [-0.3, -0.25) is 14.5 Å². The molecule has 0 spiro atoms. The summed E-state index contributed by atoms with van der Waals surface area (Å²) in [6, 6.07) is 26.2. The molecule has 2 heterocycles. The molecule has 0 N–H and O–H groups in total. The minimum atomic E-state index is -0.376. The Morgan fingerprint density at radius 3 is 2.37 bits per heavy atom. The van der Waals surface area contributed by atoms with Crippen molar-refractivity contribution in [3.63, 3.8) is 0 Å². The minimum absolute atomic E-state index is 0.0595. The molecule has 0 aliphatic carbocycles. The van der Waals surface area contributed by atoms with Gasteiger partial charge in [-0.05, 0) is 60.5 Å². The van der Waals surface area contributed by atoms with Crippen molar-refractivity contribution in [2.45, 2.75) is 25.8 Å². The number of nitrogens with zero attached hydrogens (tertiary/aromatic N) is 3. The molecule has 3 aromatic carbocycles. The number of benzene rings is 3. The van der Waals surface area contributed by atoms with Gasteiger partial charge in [0.05, 0.1) is 29.7 Å². The van der Waals surface area contributed by atoms with E-state index in [1.807, 2.05) is 77.8 Å². The summed E-state index contributed by atoms with van der Waals surface area (Å²) >= 11 is 6.20. The molecule has 2 amide bonds. The van der Waals surface area contributed by atoms with Crippen LogP contribution < -0.4 is 9.64 Å². The van der Waals surface area contributed by atoms with Gasteiger partial charge < -0.3 is 14.2 Å². The summed E-state index contributed by atoms with van der Waals surface area (Å²) in [6.45, 7) is 2.48. The van der Waals surface area contributed by atoms with Crippen molar-refractivity contribution in [2.75, 3.05) is 25.1 Å². The molecule has 0 saturated carbocycles. The van der Waals surface area contributed by atoms with Gasteiger partial charge in [0.2, 0.25) is 5.91 Å². The third-order valence-electron chi connectivity index (χ3n) is 6.91. The molecule has 5 rings (SSSR count). The van der Waals surface area contributed by atoms with Gasteiger partial charge >= 0.3 is 0 Å². The Balaban J connectivity index is 1.56. The fourth-order valence-electron chi connectivity index (χ4n) is 5.06. The number of aromatic nitrogens is 1. The molecule has 1 atom stereocenters. The average Bonchev–Trinajstić information content (AvgIpc) is 3.44. The molecule has 1 aliphatic rings. The number of rotatable bonds is 8. The fraction of sp³-hybridized carbons (Fsp3) is 0.226. The Labute approximate surface area is 228 Å². The third kappa shape index (κ3) is 4.79. The maximum absolute atomic E-state index is 14.3. The Morgan fingerprint density at radius 1 is 0.921 bits per heavy atom. The van der Waals surface area contributed by atoms with E-state index in [-0.39, 0.29) is 24.4 Å². The number of carbonyl (C=O) groups is 2. The summed E-state index contributed by atoms with van der Waals surface area (Å²) in [5.74, 6) is 0.108. The van der Waals surface area contributed by atoms with Crippen molar-refractivity contribution >= 4 is 29.1 Å². The normalized spacial score (nSPS) is 14.0. The highest BCUT2D eigenvalue weighted by Gasteiger charge is 2.37. The number of hydrogen-bond acceptors (Lipinski definition) is 3. The molecule has 1 aliphatic heterocycles. The number of methoxy groups -OCH3 is 1. The monoisotopic (exact) mass is 527 g/mol. The van der Waals surface area contributed by atoms with Crippen molar-refractivity contribution in [3.05, 3.63) is 113 Å². The van der Waals surface area contributed by atoms with E-state index < -0.39 is 0 Å². The fourth-order valence-corrected chi connectivity index (χ4v) is 5.18. The Morgan fingerprint density at radius 2 is 1.63 bits per heavy atom. The van der Waals surface area contributed by atoms with Crippen LogP contribution in [-0.2, 0) is 4.79 Å². The first-order valence-corrected chi connectivity index (χ1v) is 13.2. The van der Waals surface area contributed by atoms with Crippen molar-refractivity contribution in [2.24, 2.45) is 0 Å². The van der Waals surface area contributed by atoms with Crippen LogP contribution in [0.4, 0.5) is 5.69 Å². The molecular formula is C31H30ClN3O3. The lowest BCUT2D eigenvalue weighted by Crippen LogP contribution is -2.47. The zero-order valence-corrected chi connectivity index (χ0v) is 22.3. The average molecular weight is 528 g/mol. The zero-order chi connectivity index (χ0) is 26.6. The molecule has 7 heteroatoms. The first-order chi connectivity index (χ1) is 18.5. The second kappa shape index (κ2) is 11.2. The number of amides is 2. The van der Waals surface area contributed by atoms with E-state index >= 15 is 0 Å². The van der Waals surface area contributed by atoms with E-state index in [1.165, 1.54) is 0 Å². The quantitative estimate of drug-likeness (QED) is 0.262. The van der Waals surface area contributed by atoms with E-state index in [2.05, 4.69) is 11.5 Å². The third-order valence-corrected chi connectivity index (χ3v) is 7.16. The molecule has 0 radical (unpaired) electrons. The summed E-state index contributed by atoms with van der Waals surface area (Å²) in [5.41, 5.74) is 4.06. The van der Waals surface area contributed by atoms with E-state index in [0.717, 1.165) is 35.5 Å². The molecule has 1 unspecified atom stereocenters. The van der Waals surface area contributed by atoms with Gasteiger partial charge in [0.15, 0.2) is 0 Å². The second-order valence-electron chi connectivity index (χ2n) is 9.29. The molecule has 0 fully saturated rings. The smallest absolute Gasteiger partial charge is 0.258 e. The highest BCUT2D eigenvalue weighted by molar-refractivity contribution is 6.30. The van der Waals surface area contributed by atoms with Crippen LogP contribution in [0, 0.1) is 0 Å². The van der Waals surface area contributed by atoms with Crippen LogP contribution in [0.3, 0.4) is 0 Å². The standard InChI is InChI=1S/C31H30ClN3O3/c1-3-4-19-33(31(37)24-10-5-8-14-28(24)38-2)21-29(36)35-26-12-7-6-11-25(26)34-20-9-13-27(34)30(35)22-15-17-23(32)18-16-22/h5-18,20,30H,3-4,19,21H2,1-2H3. The van der Waals surface area contributed by atoms with Crippen LogP contribution in [0.1, 0.15) is 47.4 Å². The molecule has 6 nitrogen and oxygen atoms in total. The topological polar surface area (TPSA) is 54.8 Å². The predicted octanol–water partition coefficient (Wildman–Crippen LogP) is 6.52. The minimum Gasteiger partial charge on any atom is -0.496 e. The Kier molecular flexibility index (Phi) is 7.52. The first-order valence-electron chi connectivity index (χ1n) is 12.8. The van der Waals surface area contributed by atoms with E-state index in [4.69, 9.17) is 16.3 Å². The summed E-state index contributed by atoms with van der Waals surface area (Å²) < 4.78 is 7.57. The predicted molar refractivity (Wildman–Crippen MR) is 150 cm³/mol. The van der Waals surface area contributed by atoms with Gasteiger partial charge in [0, 0.05) is 17.8 Å². The first kappa shape index (κ1) is 25.6. The summed E-state index contributed by atoms with van der Waals surface area (Å²) in [7, 11) is 1.55. The van der Waals surface area contributed by atoms with Crippen LogP contribution in [-0.4, -0.2) is 41.5 Å². The van der Waals surface area contributed by atoms with E-state index in [9.17, 15) is 9.59 Å². The molecule has 38 heavy (non-hydrogen) atoms. The lowest BCUT2D eigenvalue weighted by atomic mass is 9.97. The molecule has 4 aromatic rings. The lowest BCUT2D eigenvalue weighted by molar-refractivity contribution is -0.119. The second-order valence-corrected chi connectivity index (χ2v) is 9.73. The van der Waals surface area contributed by atoms with Gasteiger partial charge in [0.25, 0.3) is 5.91 Å². The van der Waals surface area contributed by atoms with Gasteiger partial charge in [-0.2, -0.15) is 0 Å². The van der Waals surface area contributed by atoms with Crippen LogP contribution in [0.15, 0.2) is 91.1 Å². The van der Waals surface area contributed by atoms with Crippen molar-refractivity contribution in [1.29, 1.82) is 0 Å². The van der Waals surface area contributed by atoms with Crippen LogP contribution >= 0.6 is 11.6 Å². The maximum Gasteiger partial charge on any atom is 0.258 e. The highest BCUT2D eigenvalue weighted by Crippen LogP contribution is 2.42. The highest BCUT2D eigenvalue weighted by atomic mass is 35.5. The van der Waals surface area contributed by atoms with Crippen LogP contribution in [0.2, 0.25) is 5.02 Å². The number of unbranched alkanes of at least 4 members (excludes halogenated alkanes) is 1. The summed E-state index contributed by atoms with van der Waals surface area (Å²) in [5, 5.41) is 0.631. The number of ether oxygens (including phenoxy) is 1. The number of carbonyl (C=O) groups excluding carboxylic acids is 2. The molecule has 0 saturated heterocycles. The number of fused-ring (bicyclic) bond motifs is 3. The van der Waals surface area contributed by atoms with Gasteiger partial charge in [-0.1, -0.05) is 61.3 Å². The van der Waals surface area contributed by atoms with Crippen LogP contribution in [0.5, 0.6) is 5.75 Å². The summed E-state index contributed by atoms with van der Waals surface area (Å²) in [4.78, 5) is 31.4. The van der Waals surface area contributed by atoms with Gasteiger partial charge in [-0.15, -0.1) is 0 Å². The van der Waals surface area contributed by atoms with Crippen LogP contribution in [0.25, 0.3) is 5.69 Å². The number of hydrogen-bond donors (Lipinski definition) is 0. The lowest BCUT2D eigenvalue weighted by Gasteiger charge is -2.39. The van der Waals surface area contributed by atoms with Crippen molar-refractivity contribution in [3.8, 4) is 11.4 Å². The zero-order valence-electron chi connectivity index (χ0n) is 21.5. The molecular weight excluding hydrogens is 498 g/mol. The number of anilines is 1. The van der Waals surface area contributed by atoms with Gasteiger partial charge in [-0.25, -0.2) is 0 Å². The Hall–Kier alpha value is -4.03. The number of halogens is 1.